The van der Waals surface area contributed by atoms with Gasteiger partial charge < -0.3 is 15.4 Å². The van der Waals surface area contributed by atoms with Crippen LogP contribution in [0.5, 0.6) is 0 Å². The molecule has 1 aromatic rings. The summed E-state index contributed by atoms with van der Waals surface area (Å²) in [7, 11) is 0. The van der Waals surface area contributed by atoms with E-state index in [1.54, 1.807) is 4.90 Å². The van der Waals surface area contributed by atoms with Crippen LogP contribution in [0, 0.1) is 13.8 Å². The molecule has 1 atom stereocenters. The fourth-order valence-electron chi connectivity index (χ4n) is 2.25. The van der Waals surface area contributed by atoms with Gasteiger partial charge in [-0.15, -0.1) is 0 Å². The van der Waals surface area contributed by atoms with Gasteiger partial charge in [0.2, 0.25) is 5.91 Å². The van der Waals surface area contributed by atoms with Crippen LogP contribution in [0.4, 0.5) is 0 Å². The first-order chi connectivity index (χ1) is 9.47. The van der Waals surface area contributed by atoms with Crippen molar-refractivity contribution in [1.82, 2.24) is 4.90 Å². The average Bonchev–Trinajstić information content (AvgIpc) is 2.43. The van der Waals surface area contributed by atoms with E-state index in [1.807, 2.05) is 6.07 Å². The van der Waals surface area contributed by atoms with Crippen molar-refractivity contribution in [3.05, 3.63) is 34.9 Å². The zero-order valence-electron chi connectivity index (χ0n) is 11.9. The lowest BCUT2D eigenvalue weighted by Gasteiger charge is -2.32. The molecule has 1 fully saturated rings. The highest BCUT2D eigenvalue weighted by Gasteiger charge is 2.25. The van der Waals surface area contributed by atoms with Crippen LogP contribution in [0.25, 0.3) is 0 Å². The standard InChI is InChI=1S/C15H20N2O2S/c1-10-3-4-12(7-11(10)2)8-14(18)17-5-6-19-13(9-17)15(16)20/h3-4,7,13H,5-6,8-9H2,1-2H3,(H2,16,20). The third-order valence-electron chi connectivity index (χ3n) is 3.66. The van der Waals surface area contributed by atoms with Crippen LogP contribution in [0.2, 0.25) is 0 Å². The topological polar surface area (TPSA) is 55.6 Å². The molecule has 2 rings (SSSR count). The van der Waals surface area contributed by atoms with Crippen LogP contribution in [0.1, 0.15) is 16.7 Å². The summed E-state index contributed by atoms with van der Waals surface area (Å²) in [4.78, 5) is 14.4. The number of benzene rings is 1. The third kappa shape index (κ3) is 3.55. The molecule has 1 aliphatic heterocycles. The molecule has 108 valence electrons. The number of nitrogens with zero attached hydrogens (tertiary/aromatic N) is 1. The van der Waals surface area contributed by atoms with Gasteiger partial charge in [-0.2, -0.15) is 0 Å². The molecule has 1 unspecified atom stereocenters. The van der Waals surface area contributed by atoms with Crippen molar-refractivity contribution in [2.24, 2.45) is 5.73 Å². The number of nitrogens with two attached hydrogens (primary N) is 1. The predicted molar refractivity (Wildman–Crippen MR) is 82.7 cm³/mol. The van der Waals surface area contributed by atoms with Gasteiger partial charge in [0.05, 0.1) is 19.6 Å². The normalized spacial score (nSPS) is 18.9. The molecule has 0 aliphatic carbocycles. The number of carbonyl (C=O) groups excluding carboxylic acids is 1. The third-order valence-corrected chi connectivity index (χ3v) is 3.93. The van der Waals surface area contributed by atoms with Crippen LogP contribution >= 0.6 is 12.2 Å². The molecular weight excluding hydrogens is 272 g/mol. The summed E-state index contributed by atoms with van der Waals surface area (Å²) in [6.45, 7) is 5.67. The Morgan fingerprint density at radius 2 is 2.20 bits per heavy atom. The van der Waals surface area contributed by atoms with Crippen LogP contribution in [0.15, 0.2) is 18.2 Å². The Morgan fingerprint density at radius 1 is 1.45 bits per heavy atom. The molecule has 20 heavy (non-hydrogen) atoms. The second-order valence-electron chi connectivity index (χ2n) is 5.20. The Kier molecular flexibility index (Phi) is 4.73. The second kappa shape index (κ2) is 6.33. The number of hydrogen-bond acceptors (Lipinski definition) is 3. The quantitative estimate of drug-likeness (QED) is 0.855. The van der Waals surface area contributed by atoms with Crippen molar-refractivity contribution in [2.45, 2.75) is 26.4 Å². The van der Waals surface area contributed by atoms with Crippen molar-refractivity contribution < 1.29 is 9.53 Å². The van der Waals surface area contributed by atoms with Gasteiger partial charge in [-0.1, -0.05) is 30.4 Å². The molecule has 1 saturated heterocycles. The molecule has 4 nitrogen and oxygen atoms in total. The highest BCUT2D eigenvalue weighted by molar-refractivity contribution is 7.80. The van der Waals surface area contributed by atoms with Gasteiger partial charge in [-0.25, -0.2) is 0 Å². The largest absolute Gasteiger partial charge is 0.391 e. The molecular formula is C15H20N2O2S. The number of ether oxygens (including phenoxy) is 1. The van der Waals surface area contributed by atoms with E-state index >= 15 is 0 Å². The smallest absolute Gasteiger partial charge is 0.227 e. The number of carbonyl (C=O) groups is 1. The molecule has 0 spiro atoms. The summed E-state index contributed by atoms with van der Waals surface area (Å²) < 4.78 is 5.44. The van der Waals surface area contributed by atoms with Crippen molar-refractivity contribution in [1.29, 1.82) is 0 Å². The van der Waals surface area contributed by atoms with Crippen LogP contribution in [0.3, 0.4) is 0 Å². The molecule has 1 amide bonds. The molecule has 1 aromatic carbocycles. The zero-order valence-corrected chi connectivity index (χ0v) is 12.7. The van der Waals surface area contributed by atoms with Crippen molar-refractivity contribution >= 4 is 23.1 Å². The van der Waals surface area contributed by atoms with E-state index in [2.05, 4.69) is 26.0 Å². The maximum absolute atomic E-state index is 12.3. The molecule has 1 heterocycles. The van der Waals surface area contributed by atoms with Crippen molar-refractivity contribution in [3.63, 3.8) is 0 Å². The fraction of sp³-hybridized carbons (Fsp3) is 0.467. The predicted octanol–water partition coefficient (Wildman–Crippen LogP) is 1.36. The average molecular weight is 292 g/mol. The minimum absolute atomic E-state index is 0.0952. The van der Waals surface area contributed by atoms with E-state index in [4.69, 9.17) is 22.7 Å². The number of morpholine rings is 1. The summed E-state index contributed by atoms with van der Waals surface area (Å²) in [6, 6.07) is 6.12. The van der Waals surface area contributed by atoms with E-state index in [1.165, 1.54) is 11.1 Å². The van der Waals surface area contributed by atoms with Gasteiger partial charge in [-0.05, 0) is 30.5 Å². The zero-order chi connectivity index (χ0) is 14.7. The first-order valence-corrected chi connectivity index (χ1v) is 7.13. The Balaban J connectivity index is 2.00. The van der Waals surface area contributed by atoms with E-state index in [0.29, 0.717) is 31.1 Å². The monoisotopic (exact) mass is 292 g/mol. The number of amides is 1. The molecule has 2 N–H and O–H groups in total. The van der Waals surface area contributed by atoms with Gasteiger partial charge >= 0.3 is 0 Å². The molecule has 0 radical (unpaired) electrons. The number of aryl methyl sites for hydroxylation is 2. The molecule has 0 saturated carbocycles. The number of hydrogen-bond donors (Lipinski definition) is 1. The maximum atomic E-state index is 12.3. The van der Waals surface area contributed by atoms with Crippen molar-refractivity contribution in [2.75, 3.05) is 19.7 Å². The minimum Gasteiger partial charge on any atom is -0.391 e. The number of rotatable bonds is 3. The summed E-state index contributed by atoms with van der Waals surface area (Å²) in [5.74, 6) is 0.0952. The lowest BCUT2D eigenvalue weighted by Crippen LogP contribution is -2.50. The van der Waals surface area contributed by atoms with Gasteiger partial charge in [0.1, 0.15) is 11.1 Å². The van der Waals surface area contributed by atoms with Crippen molar-refractivity contribution in [3.8, 4) is 0 Å². The summed E-state index contributed by atoms with van der Waals surface area (Å²) >= 11 is 4.93. The van der Waals surface area contributed by atoms with Gasteiger partial charge in [0, 0.05) is 6.54 Å². The highest BCUT2D eigenvalue weighted by Crippen LogP contribution is 2.13. The highest BCUT2D eigenvalue weighted by atomic mass is 32.1. The van der Waals surface area contributed by atoms with Gasteiger partial charge in [0.25, 0.3) is 0 Å². The summed E-state index contributed by atoms with van der Waals surface area (Å²) in [5.41, 5.74) is 9.07. The second-order valence-corrected chi connectivity index (χ2v) is 5.67. The molecule has 0 bridgehead atoms. The molecule has 5 heteroatoms. The summed E-state index contributed by atoms with van der Waals surface area (Å²) in [5, 5.41) is 0. The fourth-order valence-corrected chi connectivity index (χ4v) is 2.39. The Hall–Kier alpha value is -1.46. The van der Waals surface area contributed by atoms with E-state index in [0.717, 1.165) is 5.56 Å². The lowest BCUT2D eigenvalue weighted by molar-refractivity contribution is -0.135. The Labute approximate surface area is 124 Å². The van der Waals surface area contributed by atoms with Gasteiger partial charge in [-0.3, -0.25) is 4.79 Å². The van der Waals surface area contributed by atoms with E-state index < -0.39 is 0 Å². The van der Waals surface area contributed by atoms with E-state index in [9.17, 15) is 4.79 Å². The number of thiocarbonyl (C=S) groups is 1. The van der Waals surface area contributed by atoms with Gasteiger partial charge in [0.15, 0.2) is 0 Å². The Bertz CT molecular complexity index is 531. The van der Waals surface area contributed by atoms with Crippen LogP contribution in [-0.2, 0) is 16.0 Å². The van der Waals surface area contributed by atoms with Crippen LogP contribution in [-0.4, -0.2) is 41.6 Å². The first kappa shape index (κ1) is 14.9. The molecule has 1 aliphatic rings. The summed E-state index contributed by atoms with van der Waals surface area (Å²) in [6.07, 6.45) is 0.0907. The lowest BCUT2D eigenvalue weighted by atomic mass is 10.0. The maximum Gasteiger partial charge on any atom is 0.227 e. The minimum atomic E-state index is -0.317. The van der Waals surface area contributed by atoms with Crippen LogP contribution < -0.4 is 5.73 Å². The Morgan fingerprint density at radius 3 is 2.85 bits per heavy atom. The first-order valence-electron chi connectivity index (χ1n) is 6.72. The molecule has 0 aromatic heterocycles. The SMILES string of the molecule is Cc1ccc(CC(=O)N2CCOC(C(N)=S)C2)cc1C. The van der Waals surface area contributed by atoms with E-state index in [-0.39, 0.29) is 12.0 Å².